The van der Waals surface area contributed by atoms with E-state index < -0.39 is 0 Å². The smallest absolute Gasteiger partial charge is 0.0576 e. The van der Waals surface area contributed by atoms with E-state index in [0.717, 1.165) is 6.61 Å². The summed E-state index contributed by atoms with van der Waals surface area (Å²) in [5.74, 6) is 1.33. The molecule has 0 bridgehead atoms. The van der Waals surface area contributed by atoms with Gasteiger partial charge >= 0.3 is 0 Å². The average molecular weight is 259 g/mol. The summed E-state index contributed by atoms with van der Waals surface area (Å²) < 4.78 is 5.61. The Bertz CT molecular complexity index is 160. The van der Waals surface area contributed by atoms with E-state index >= 15 is 0 Å². The third-order valence-electron chi connectivity index (χ3n) is 3.36. The Kier molecular flexibility index (Phi) is 10.2. The highest BCUT2D eigenvalue weighted by molar-refractivity contribution is 7.98. The van der Waals surface area contributed by atoms with Crippen molar-refractivity contribution in [2.75, 3.05) is 31.7 Å². The van der Waals surface area contributed by atoms with Gasteiger partial charge in [0.25, 0.3) is 0 Å². The van der Waals surface area contributed by atoms with Gasteiger partial charge in [0.2, 0.25) is 0 Å². The van der Waals surface area contributed by atoms with Crippen LogP contribution in [0.25, 0.3) is 0 Å². The zero-order chi connectivity index (χ0) is 12.2. The van der Waals surface area contributed by atoms with Gasteiger partial charge < -0.3 is 10.1 Å². The molecule has 0 aromatic heterocycles. The maximum Gasteiger partial charge on any atom is 0.0576 e. The standard InChI is InChI=1S/C14H29NOS/c1-17-13-5-3-2-4-10-15-11-6-8-14-9-7-12-16-14/h14-15H,2-13H2,1H3. The summed E-state index contributed by atoms with van der Waals surface area (Å²) in [5.41, 5.74) is 0. The van der Waals surface area contributed by atoms with Crippen molar-refractivity contribution < 1.29 is 4.74 Å². The molecule has 1 aliphatic rings. The highest BCUT2D eigenvalue weighted by atomic mass is 32.2. The number of unbranched alkanes of at least 4 members (excludes halogenated alkanes) is 3. The minimum absolute atomic E-state index is 0.573. The first-order chi connectivity index (χ1) is 8.43. The molecule has 0 aromatic carbocycles. The van der Waals surface area contributed by atoms with Crippen molar-refractivity contribution in [3.63, 3.8) is 0 Å². The average Bonchev–Trinajstić information content (AvgIpc) is 2.85. The number of ether oxygens (including phenoxy) is 1. The van der Waals surface area contributed by atoms with Crippen LogP contribution in [0, 0.1) is 0 Å². The van der Waals surface area contributed by atoms with Crippen LogP contribution in [0.3, 0.4) is 0 Å². The second-order valence-corrected chi connectivity index (χ2v) is 5.92. The zero-order valence-electron chi connectivity index (χ0n) is 11.4. The highest BCUT2D eigenvalue weighted by Crippen LogP contribution is 2.16. The van der Waals surface area contributed by atoms with Crippen LogP contribution in [0.4, 0.5) is 0 Å². The fourth-order valence-electron chi connectivity index (χ4n) is 2.30. The minimum atomic E-state index is 0.573. The van der Waals surface area contributed by atoms with Gasteiger partial charge in [0.15, 0.2) is 0 Å². The third-order valence-corrected chi connectivity index (χ3v) is 4.05. The lowest BCUT2D eigenvalue weighted by Crippen LogP contribution is -2.18. The van der Waals surface area contributed by atoms with Crippen molar-refractivity contribution in [2.45, 2.75) is 57.5 Å². The Balaban J connectivity index is 1.69. The first kappa shape index (κ1) is 15.3. The molecule has 1 rings (SSSR count). The first-order valence-electron chi connectivity index (χ1n) is 7.24. The Morgan fingerprint density at radius 2 is 1.94 bits per heavy atom. The molecule has 17 heavy (non-hydrogen) atoms. The van der Waals surface area contributed by atoms with E-state index in [2.05, 4.69) is 11.6 Å². The van der Waals surface area contributed by atoms with Crippen molar-refractivity contribution in [1.82, 2.24) is 5.32 Å². The predicted octanol–water partition coefficient (Wildman–Crippen LogP) is 3.46. The van der Waals surface area contributed by atoms with Gasteiger partial charge in [-0.3, -0.25) is 0 Å². The molecular weight excluding hydrogens is 230 g/mol. The van der Waals surface area contributed by atoms with Crippen molar-refractivity contribution >= 4 is 11.8 Å². The van der Waals surface area contributed by atoms with E-state index in [1.54, 1.807) is 0 Å². The van der Waals surface area contributed by atoms with Crippen LogP contribution in [0.15, 0.2) is 0 Å². The fourth-order valence-corrected chi connectivity index (χ4v) is 2.79. The number of rotatable bonds is 11. The highest BCUT2D eigenvalue weighted by Gasteiger charge is 2.13. The van der Waals surface area contributed by atoms with Crippen LogP contribution in [0.1, 0.15) is 51.4 Å². The molecule has 1 heterocycles. The van der Waals surface area contributed by atoms with Crippen molar-refractivity contribution in [1.29, 1.82) is 0 Å². The summed E-state index contributed by atoms with van der Waals surface area (Å²) in [6.07, 6.45) is 13.4. The molecular formula is C14H29NOS. The Morgan fingerprint density at radius 3 is 2.71 bits per heavy atom. The van der Waals surface area contributed by atoms with Crippen LogP contribution in [0.5, 0.6) is 0 Å². The summed E-state index contributed by atoms with van der Waals surface area (Å²) in [6, 6.07) is 0. The quantitative estimate of drug-likeness (QED) is 0.574. The lowest BCUT2D eigenvalue weighted by atomic mass is 10.1. The molecule has 0 amide bonds. The van der Waals surface area contributed by atoms with Crippen molar-refractivity contribution in [3.05, 3.63) is 0 Å². The minimum Gasteiger partial charge on any atom is -0.378 e. The molecule has 1 fully saturated rings. The molecule has 3 heteroatoms. The zero-order valence-corrected chi connectivity index (χ0v) is 12.2. The van der Waals surface area contributed by atoms with E-state index in [0.29, 0.717) is 6.10 Å². The second kappa shape index (κ2) is 11.4. The molecule has 102 valence electrons. The maximum absolute atomic E-state index is 5.61. The summed E-state index contributed by atoms with van der Waals surface area (Å²) in [7, 11) is 0. The second-order valence-electron chi connectivity index (χ2n) is 4.93. The molecule has 1 unspecified atom stereocenters. The summed E-state index contributed by atoms with van der Waals surface area (Å²) in [6.45, 7) is 3.36. The fraction of sp³-hybridized carbons (Fsp3) is 1.00. The van der Waals surface area contributed by atoms with Crippen LogP contribution in [-0.4, -0.2) is 37.8 Å². The van der Waals surface area contributed by atoms with Gasteiger partial charge in [-0.2, -0.15) is 11.8 Å². The SMILES string of the molecule is CSCCCCCCNCCCC1CCCO1. The summed E-state index contributed by atoms with van der Waals surface area (Å²) >= 11 is 1.96. The monoisotopic (exact) mass is 259 g/mol. The summed E-state index contributed by atoms with van der Waals surface area (Å²) in [5, 5.41) is 3.54. The van der Waals surface area contributed by atoms with Crippen molar-refractivity contribution in [3.8, 4) is 0 Å². The molecule has 1 saturated heterocycles. The van der Waals surface area contributed by atoms with Gasteiger partial charge in [0.05, 0.1) is 6.10 Å². The lowest BCUT2D eigenvalue weighted by molar-refractivity contribution is 0.102. The number of nitrogens with one attached hydrogen (secondary N) is 1. The number of thioether (sulfide) groups is 1. The summed E-state index contributed by atoms with van der Waals surface area (Å²) in [4.78, 5) is 0. The van der Waals surface area contributed by atoms with E-state index in [9.17, 15) is 0 Å². The van der Waals surface area contributed by atoms with Gasteiger partial charge in [-0.1, -0.05) is 12.8 Å². The molecule has 0 radical (unpaired) electrons. The normalized spacial score (nSPS) is 19.9. The Morgan fingerprint density at radius 1 is 1.12 bits per heavy atom. The first-order valence-corrected chi connectivity index (χ1v) is 8.64. The van der Waals surface area contributed by atoms with E-state index in [4.69, 9.17) is 4.74 Å². The van der Waals surface area contributed by atoms with Crippen LogP contribution < -0.4 is 5.32 Å². The van der Waals surface area contributed by atoms with Crippen molar-refractivity contribution in [2.24, 2.45) is 0 Å². The van der Waals surface area contributed by atoms with Crippen LogP contribution >= 0.6 is 11.8 Å². The topological polar surface area (TPSA) is 21.3 Å². The molecule has 2 nitrogen and oxygen atoms in total. The molecule has 1 aliphatic heterocycles. The maximum atomic E-state index is 5.61. The number of hydrogen-bond acceptors (Lipinski definition) is 3. The Labute approximate surface area is 111 Å². The van der Waals surface area contributed by atoms with Gasteiger partial charge in [-0.05, 0) is 63.6 Å². The third kappa shape index (κ3) is 8.92. The van der Waals surface area contributed by atoms with Gasteiger partial charge in [-0.25, -0.2) is 0 Å². The Hall–Kier alpha value is 0.270. The largest absolute Gasteiger partial charge is 0.378 e. The molecule has 0 spiro atoms. The molecule has 1 N–H and O–H groups in total. The van der Waals surface area contributed by atoms with E-state index in [1.807, 2.05) is 11.8 Å². The van der Waals surface area contributed by atoms with Gasteiger partial charge in [-0.15, -0.1) is 0 Å². The molecule has 0 aromatic rings. The number of hydrogen-bond donors (Lipinski definition) is 1. The van der Waals surface area contributed by atoms with Crippen LogP contribution in [-0.2, 0) is 4.74 Å². The molecule has 0 saturated carbocycles. The van der Waals surface area contributed by atoms with Gasteiger partial charge in [0.1, 0.15) is 0 Å². The van der Waals surface area contributed by atoms with E-state index in [-0.39, 0.29) is 0 Å². The molecule has 0 aliphatic carbocycles. The molecule has 1 atom stereocenters. The predicted molar refractivity (Wildman–Crippen MR) is 77.9 cm³/mol. The lowest BCUT2D eigenvalue weighted by Gasteiger charge is -2.09. The van der Waals surface area contributed by atoms with Gasteiger partial charge in [0, 0.05) is 6.61 Å². The van der Waals surface area contributed by atoms with E-state index in [1.165, 1.54) is 70.2 Å². The van der Waals surface area contributed by atoms with Crippen LogP contribution in [0.2, 0.25) is 0 Å².